The van der Waals surface area contributed by atoms with E-state index in [-0.39, 0.29) is 0 Å². The Balaban J connectivity index is 1.74. The van der Waals surface area contributed by atoms with Crippen LogP contribution in [0.25, 0.3) is 0 Å². The third-order valence-electron chi connectivity index (χ3n) is 5.14. The highest BCUT2D eigenvalue weighted by Crippen LogP contribution is 2.84. The van der Waals surface area contributed by atoms with E-state index in [1.807, 2.05) is 0 Å². The van der Waals surface area contributed by atoms with Crippen molar-refractivity contribution in [2.24, 2.45) is 34.3 Å². The summed E-state index contributed by atoms with van der Waals surface area (Å²) in [6, 6.07) is 0.577. The molecule has 3 saturated carbocycles. The van der Waals surface area contributed by atoms with Crippen molar-refractivity contribution in [3.8, 4) is 0 Å². The molecule has 2 N–H and O–H groups in total. The molecule has 3 aliphatic carbocycles. The van der Waals surface area contributed by atoms with Gasteiger partial charge in [0.2, 0.25) is 0 Å². The zero-order valence-corrected chi connectivity index (χ0v) is 9.67. The molecule has 3 fully saturated rings. The Morgan fingerprint density at radius 2 is 1.86 bits per heavy atom. The van der Waals surface area contributed by atoms with Crippen molar-refractivity contribution in [2.75, 3.05) is 0 Å². The second kappa shape index (κ2) is 2.11. The lowest BCUT2D eigenvalue weighted by Gasteiger charge is -2.21. The number of allylic oxidation sites excluding steroid dienone is 2. The molecule has 0 aliphatic heterocycles. The van der Waals surface area contributed by atoms with Gasteiger partial charge in [-0.3, -0.25) is 0 Å². The molecule has 14 heavy (non-hydrogen) atoms. The number of hydrogen-bond donors (Lipinski definition) is 1. The average Bonchev–Trinajstić information content (AvgIpc) is 2.88. The normalized spacial score (nSPS) is 62.9. The Bertz CT molecular complexity index is 318. The lowest BCUT2D eigenvalue weighted by atomic mass is 9.85. The summed E-state index contributed by atoms with van der Waals surface area (Å²) in [4.78, 5) is 0. The molecule has 3 aliphatic rings. The molecular formula is C13H21N. The van der Waals surface area contributed by atoms with Crippen LogP contribution in [0.1, 0.15) is 34.1 Å². The van der Waals surface area contributed by atoms with Gasteiger partial charge < -0.3 is 5.73 Å². The molecule has 0 heterocycles. The van der Waals surface area contributed by atoms with E-state index in [0.717, 1.165) is 17.8 Å². The molecule has 4 unspecified atom stereocenters. The van der Waals surface area contributed by atoms with Crippen LogP contribution in [0.5, 0.6) is 0 Å². The fraction of sp³-hybridized carbons (Fsp3) is 0.846. The first-order valence-corrected chi connectivity index (χ1v) is 5.82. The SMILES string of the molecule is CC(C)=CC1(C)CC1(C)C1C2C(N)C21. The molecule has 0 aromatic carbocycles. The van der Waals surface area contributed by atoms with Crippen LogP contribution >= 0.6 is 0 Å². The van der Waals surface area contributed by atoms with Gasteiger partial charge in [-0.2, -0.15) is 0 Å². The highest BCUT2D eigenvalue weighted by Gasteiger charge is 2.82. The monoisotopic (exact) mass is 191 g/mol. The molecule has 0 amide bonds. The lowest BCUT2D eigenvalue weighted by molar-refractivity contribution is 0.315. The molecule has 78 valence electrons. The number of nitrogens with two attached hydrogens (primary N) is 1. The van der Waals surface area contributed by atoms with Gasteiger partial charge in [-0.05, 0) is 48.9 Å². The smallest absolute Gasteiger partial charge is 0.0108 e. The van der Waals surface area contributed by atoms with Crippen LogP contribution in [0.3, 0.4) is 0 Å². The zero-order chi connectivity index (χ0) is 10.3. The van der Waals surface area contributed by atoms with Crippen LogP contribution in [0.15, 0.2) is 11.6 Å². The van der Waals surface area contributed by atoms with E-state index in [0.29, 0.717) is 16.9 Å². The second-order valence-electron chi connectivity index (χ2n) is 6.49. The predicted octanol–water partition coefficient (Wildman–Crippen LogP) is 2.57. The topological polar surface area (TPSA) is 26.0 Å². The minimum absolute atomic E-state index is 0.490. The molecule has 0 saturated heterocycles. The molecule has 4 atom stereocenters. The summed E-state index contributed by atoms with van der Waals surface area (Å²) in [5, 5.41) is 0. The quantitative estimate of drug-likeness (QED) is 0.667. The standard InChI is InChI=1S/C13H21N/c1-7(2)5-12(3)6-13(12,4)10-8-9(10)11(8)14/h5,8-11H,6,14H2,1-4H3. The summed E-state index contributed by atoms with van der Waals surface area (Å²) < 4.78 is 0. The maximum absolute atomic E-state index is 5.90. The Labute approximate surface area is 86.8 Å². The second-order valence-corrected chi connectivity index (χ2v) is 6.49. The first-order valence-electron chi connectivity index (χ1n) is 5.82. The highest BCUT2D eigenvalue weighted by atomic mass is 15.0. The van der Waals surface area contributed by atoms with Gasteiger partial charge in [0, 0.05) is 6.04 Å². The highest BCUT2D eigenvalue weighted by molar-refractivity contribution is 5.36. The van der Waals surface area contributed by atoms with Crippen LogP contribution in [0.4, 0.5) is 0 Å². The molecule has 0 bridgehead atoms. The van der Waals surface area contributed by atoms with E-state index >= 15 is 0 Å². The first-order chi connectivity index (χ1) is 6.41. The van der Waals surface area contributed by atoms with Gasteiger partial charge in [0.15, 0.2) is 0 Å². The molecule has 0 aromatic rings. The number of rotatable bonds is 2. The third-order valence-corrected chi connectivity index (χ3v) is 5.14. The van der Waals surface area contributed by atoms with Crippen molar-refractivity contribution in [1.82, 2.24) is 0 Å². The minimum atomic E-state index is 0.490. The van der Waals surface area contributed by atoms with E-state index in [1.54, 1.807) is 0 Å². The van der Waals surface area contributed by atoms with Gasteiger partial charge in [0.1, 0.15) is 0 Å². The van der Waals surface area contributed by atoms with E-state index in [4.69, 9.17) is 5.73 Å². The third kappa shape index (κ3) is 0.850. The Hall–Kier alpha value is -0.300. The van der Waals surface area contributed by atoms with Crippen molar-refractivity contribution >= 4 is 0 Å². The molecule has 0 aromatic heterocycles. The van der Waals surface area contributed by atoms with Gasteiger partial charge in [-0.1, -0.05) is 25.5 Å². The zero-order valence-electron chi connectivity index (χ0n) is 9.67. The summed E-state index contributed by atoms with van der Waals surface area (Å²) in [7, 11) is 0. The lowest BCUT2D eigenvalue weighted by Crippen LogP contribution is -2.24. The Morgan fingerprint density at radius 1 is 1.29 bits per heavy atom. The molecular weight excluding hydrogens is 170 g/mol. The van der Waals surface area contributed by atoms with Crippen molar-refractivity contribution in [2.45, 2.75) is 40.2 Å². The largest absolute Gasteiger partial charge is 0.327 e. The van der Waals surface area contributed by atoms with E-state index in [1.165, 1.54) is 12.0 Å². The van der Waals surface area contributed by atoms with Gasteiger partial charge in [0.25, 0.3) is 0 Å². The van der Waals surface area contributed by atoms with Gasteiger partial charge in [0.05, 0.1) is 0 Å². The maximum Gasteiger partial charge on any atom is 0.0108 e. The maximum atomic E-state index is 5.90. The van der Waals surface area contributed by atoms with Crippen molar-refractivity contribution < 1.29 is 0 Å². The van der Waals surface area contributed by atoms with Crippen LogP contribution < -0.4 is 5.73 Å². The molecule has 0 radical (unpaired) electrons. The average molecular weight is 191 g/mol. The number of hydrogen-bond acceptors (Lipinski definition) is 1. The summed E-state index contributed by atoms with van der Waals surface area (Å²) >= 11 is 0. The van der Waals surface area contributed by atoms with Crippen molar-refractivity contribution in [3.05, 3.63) is 11.6 Å². The van der Waals surface area contributed by atoms with E-state index in [2.05, 4.69) is 33.8 Å². The minimum Gasteiger partial charge on any atom is -0.327 e. The summed E-state index contributed by atoms with van der Waals surface area (Å²) in [6.07, 6.45) is 3.87. The van der Waals surface area contributed by atoms with Crippen molar-refractivity contribution in [1.29, 1.82) is 0 Å². The van der Waals surface area contributed by atoms with Crippen molar-refractivity contribution in [3.63, 3.8) is 0 Å². The van der Waals surface area contributed by atoms with Gasteiger partial charge in [-0.25, -0.2) is 0 Å². The number of fused-ring (bicyclic) bond motifs is 1. The van der Waals surface area contributed by atoms with Gasteiger partial charge in [-0.15, -0.1) is 0 Å². The van der Waals surface area contributed by atoms with Crippen LogP contribution in [0, 0.1) is 28.6 Å². The molecule has 1 heteroatoms. The van der Waals surface area contributed by atoms with E-state index < -0.39 is 0 Å². The summed E-state index contributed by atoms with van der Waals surface area (Å²) in [6.45, 7) is 9.31. The fourth-order valence-electron chi connectivity index (χ4n) is 4.00. The first kappa shape index (κ1) is 8.96. The van der Waals surface area contributed by atoms with Crippen LogP contribution in [-0.2, 0) is 0 Å². The molecule has 0 spiro atoms. The fourth-order valence-corrected chi connectivity index (χ4v) is 4.00. The summed E-state index contributed by atoms with van der Waals surface area (Å²) in [5.74, 6) is 2.79. The Morgan fingerprint density at radius 3 is 2.29 bits per heavy atom. The van der Waals surface area contributed by atoms with Gasteiger partial charge >= 0.3 is 0 Å². The Kier molecular flexibility index (Phi) is 1.35. The van der Waals surface area contributed by atoms with Crippen LogP contribution in [-0.4, -0.2) is 6.04 Å². The van der Waals surface area contributed by atoms with E-state index in [9.17, 15) is 0 Å². The molecule has 3 rings (SSSR count). The molecule has 1 nitrogen and oxygen atoms in total. The predicted molar refractivity (Wildman–Crippen MR) is 58.7 cm³/mol. The summed E-state index contributed by atoms with van der Waals surface area (Å²) in [5.41, 5.74) is 8.45. The van der Waals surface area contributed by atoms with Crippen LogP contribution in [0.2, 0.25) is 0 Å².